The first-order chi connectivity index (χ1) is 14.1. The number of ether oxygens (including phenoxy) is 1. The highest BCUT2D eigenvalue weighted by molar-refractivity contribution is 5.97. The van der Waals surface area contributed by atoms with Crippen molar-refractivity contribution in [2.75, 3.05) is 37.7 Å². The Kier molecular flexibility index (Phi) is 5.25. The molecular formula is C23H24N2O4. The van der Waals surface area contributed by atoms with Gasteiger partial charge in [0.15, 0.2) is 11.3 Å². The van der Waals surface area contributed by atoms with Gasteiger partial charge in [0.25, 0.3) is 5.91 Å². The van der Waals surface area contributed by atoms with Crippen molar-refractivity contribution in [3.8, 4) is 5.75 Å². The Balaban J connectivity index is 1.55. The van der Waals surface area contributed by atoms with Crippen molar-refractivity contribution in [1.82, 2.24) is 4.90 Å². The second kappa shape index (κ2) is 7.99. The van der Waals surface area contributed by atoms with Gasteiger partial charge < -0.3 is 19.0 Å². The Morgan fingerprint density at radius 1 is 1.07 bits per heavy atom. The van der Waals surface area contributed by atoms with Crippen LogP contribution >= 0.6 is 0 Å². The molecular weight excluding hydrogens is 368 g/mol. The zero-order valence-corrected chi connectivity index (χ0v) is 16.7. The van der Waals surface area contributed by atoms with Gasteiger partial charge in [-0.15, -0.1) is 0 Å². The van der Waals surface area contributed by atoms with Gasteiger partial charge in [0.1, 0.15) is 5.56 Å². The highest BCUT2D eigenvalue weighted by Crippen LogP contribution is 2.26. The number of aryl methyl sites for hydroxylation is 1. The van der Waals surface area contributed by atoms with Crippen LogP contribution in [0, 0.1) is 6.92 Å². The van der Waals surface area contributed by atoms with E-state index in [4.69, 9.17) is 9.15 Å². The monoisotopic (exact) mass is 392 g/mol. The van der Waals surface area contributed by atoms with Crippen molar-refractivity contribution in [3.05, 3.63) is 70.1 Å². The number of amides is 1. The third-order valence-electron chi connectivity index (χ3n) is 5.28. The van der Waals surface area contributed by atoms with Crippen LogP contribution in [0.25, 0.3) is 11.0 Å². The lowest BCUT2D eigenvalue weighted by molar-refractivity contribution is 0.0742. The van der Waals surface area contributed by atoms with E-state index < -0.39 is 5.63 Å². The molecule has 0 saturated carbocycles. The summed E-state index contributed by atoms with van der Waals surface area (Å²) in [6.45, 7) is 6.99. The summed E-state index contributed by atoms with van der Waals surface area (Å²) < 4.78 is 11.0. The van der Waals surface area contributed by atoms with E-state index in [2.05, 4.69) is 24.0 Å². The van der Waals surface area contributed by atoms with Gasteiger partial charge in [-0.05, 0) is 37.6 Å². The molecule has 4 rings (SSSR count). The average molecular weight is 392 g/mol. The van der Waals surface area contributed by atoms with Crippen LogP contribution in [0.2, 0.25) is 0 Å². The first kappa shape index (κ1) is 19.1. The van der Waals surface area contributed by atoms with Gasteiger partial charge >= 0.3 is 5.63 Å². The van der Waals surface area contributed by atoms with E-state index in [1.807, 2.05) is 31.2 Å². The number of hydrogen-bond acceptors (Lipinski definition) is 5. The number of piperazine rings is 1. The quantitative estimate of drug-likeness (QED) is 0.637. The fraction of sp³-hybridized carbons (Fsp3) is 0.304. The maximum Gasteiger partial charge on any atom is 0.349 e. The number of benzene rings is 2. The van der Waals surface area contributed by atoms with Crippen LogP contribution in [-0.4, -0.2) is 43.6 Å². The fourth-order valence-electron chi connectivity index (χ4n) is 3.78. The number of carbonyl (C=O) groups is 1. The molecule has 3 aromatic rings. The zero-order chi connectivity index (χ0) is 20.4. The fourth-order valence-corrected chi connectivity index (χ4v) is 3.78. The summed E-state index contributed by atoms with van der Waals surface area (Å²) in [6.07, 6.45) is 0. The Hall–Kier alpha value is -3.28. The molecule has 1 aliphatic rings. The summed E-state index contributed by atoms with van der Waals surface area (Å²) in [5, 5.41) is 0.678. The lowest BCUT2D eigenvalue weighted by atomic mass is 10.1. The van der Waals surface area contributed by atoms with Gasteiger partial charge in [-0.3, -0.25) is 4.79 Å². The van der Waals surface area contributed by atoms with E-state index in [-0.39, 0.29) is 11.5 Å². The van der Waals surface area contributed by atoms with Crippen molar-refractivity contribution in [2.45, 2.75) is 13.8 Å². The molecule has 0 unspecified atom stereocenters. The molecule has 0 spiro atoms. The summed E-state index contributed by atoms with van der Waals surface area (Å²) in [5.41, 5.74) is 2.22. The molecule has 2 aromatic carbocycles. The third-order valence-corrected chi connectivity index (χ3v) is 5.28. The summed E-state index contributed by atoms with van der Waals surface area (Å²) >= 11 is 0. The van der Waals surface area contributed by atoms with E-state index in [0.717, 1.165) is 13.1 Å². The average Bonchev–Trinajstić information content (AvgIpc) is 2.74. The Labute approximate surface area is 169 Å². The predicted molar refractivity (Wildman–Crippen MR) is 113 cm³/mol. The number of hydrogen-bond donors (Lipinski definition) is 0. The van der Waals surface area contributed by atoms with Crippen molar-refractivity contribution < 1.29 is 13.9 Å². The number of carbonyl (C=O) groups excluding carboxylic acids is 1. The first-order valence-electron chi connectivity index (χ1n) is 9.88. The lowest BCUT2D eigenvalue weighted by Gasteiger charge is -2.36. The van der Waals surface area contributed by atoms with Crippen molar-refractivity contribution >= 4 is 22.6 Å². The van der Waals surface area contributed by atoms with Gasteiger partial charge in [0.2, 0.25) is 0 Å². The topological polar surface area (TPSA) is 63.0 Å². The predicted octanol–water partition coefficient (Wildman–Crippen LogP) is 3.46. The summed E-state index contributed by atoms with van der Waals surface area (Å²) in [4.78, 5) is 29.5. The second-order valence-electron chi connectivity index (χ2n) is 7.12. The molecule has 150 valence electrons. The molecule has 0 aliphatic carbocycles. The number of nitrogens with zero attached hydrogens (tertiary/aromatic N) is 2. The van der Waals surface area contributed by atoms with Crippen molar-refractivity contribution in [3.63, 3.8) is 0 Å². The van der Waals surface area contributed by atoms with Crippen LogP contribution in [0.15, 0.2) is 57.7 Å². The Morgan fingerprint density at radius 3 is 2.55 bits per heavy atom. The molecule has 0 bridgehead atoms. The molecule has 29 heavy (non-hydrogen) atoms. The molecule has 1 aromatic heterocycles. The Morgan fingerprint density at radius 2 is 1.83 bits per heavy atom. The SMILES string of the molecule is CCOc1cccc2cc(C(=O)N3CCN(c4ccccc4C)CC3)c(=O)oc12. The molecule has 0 radical (unpaired) electrons. The number of anilines is 1. The molecule has 0 atom stereocenters. The zero-order valence-electron chi connectivity index (χ0n) is 16.7. The molecule has 1 saturated heterocycles. The van der Waals surface area contributed by atoms with Crippen LogP contribution in [0.1, 0.15) is 22.8 Å². The minimum absolute atomic E-state index is 0.0653. The van der Waals surface area contributed by atoms with Crippen LogP contribution < -0.4 is 15.3 Å². The molecule has 0 N–H and O–H groups in total. The van der Waals surface area contributed by atoms with E-state index >= 15 is 0 Å². The largest absolute Gasteiger partial charge is 0.490 e. The van der Waals surface area contributed by atoms with Crippen LogP contribution in [-0.2, 0) is 0 Å². The normalized spacial score (nSPS) is 14.3. The molecule has 1 aliphatic heterocycles. The maximum absolute atomic E-state index is 13.0. The molecule has 1 fully saturated rings. The number of para-hydroxylation sites is 2. The smallest absolute Gasteiger partial charge is 0.349 e. The lowest BCUT2D eigenvalue weighted by Crippen LogP contribution is -2.49. The molecule has 6 heteroatoms. The first-order valence-corrected chi connectivity index (χ1v) is 9.88. The molecule has 6 nitrogen and oxygen atoms in total. The van der Waals surface area contributed by atoms with Gasteiger partial charge in [-0.2, -0.15) is 0 Å². The van der Waals surface area contributed by atoms with E-state index in [1.165, 1.54) is 11.3 Å². The minimum atomic E-state index is -0.629. The number of rotatable bonds is 4. The maximum atomic E-state index is 13.0. The van der Waals surface area contributed by atoms with Crippen LogP contribution in [0.4, 0.5) is 5.69 Å². The van der Waals surface area contributed by atoms with Crippen molar-refractivity contribution in [2.24, 2.45) is 0 Å². The highest BCUT2D eigenvalue weighted by Gasteiger charge is 2.25. The summed E-state index contributed by atoms with van der Waals surface area (Å²) in [5.74, 6) is 0.222. The van der Waals surface area contributed by atoms with E-state index in [9.17, 15) is 9.59 Å². The van der Waals surface area contributed by atoms with Crippen molar-refractivity contribution in [1.29, 1.82) is 0 Å². The van der Waals surface area contributed by atoms with Crippen LogP contribution in [0.5, 0.6) is 5.75 Å². The third kappa shape index (κ3) is 3.70. The Bertz CT molecular complexity index is 1100. The number of fused-ring (bicyclic) bond motifs is 1. The summed E-state index contributed by atoms with van der Waals surface area (Å²) in [7, 11) is 0. The highest BCUT2D eigenvalue weighted by atomic mass is 16.5. The minimum Gasteiger partial charge on any atom is -0.490 e. The molecule has 1 amide bonds. The summed E-state index contributed by atoms with van der Waals surface area (Å²) in [6, 6.07) is 15.2. The molecule has 2 heterocycles. The van der Waals surface area contributed by atoms with E-state index in [1.54, 1.807) is 17.0 Å². The van der Waals surface area contributed by atoms with Gasteiger partial charge in [-0.25, -0.2) is 4.79 Å². The van der Waals surface area contributed by atoms with Gasteiger partial charge in [0.05, 0.1) is 6.61 Å². The second-order valence-corrected chi connectivity index (χ2v) is 7.12. The standard InChI is InChI=1S/C23H24N2O4/c1-3-28-20-10-6-8-17-15-18(23(27)29-21(17)20)22(26)25-13-11-24(12-14-25)19-9-5-4-7-16(19)2/h4-10,15H,3,11-14H2,1-2H3. The van der Waals surface area contributed by atoms with E-state index in [0.29, 0.717) is 36.4 Å². The van der Waals surface area contributed by atoms with Crippen LogP contribution in [0.3, 0.4) is 0 Å². The van der Waals surface area contributed by atoms with Gasteiger partial charge in [0, 0.05) is 37.3 Å². The van der Waals surface area contributed by atoms with Gasteiger partial charge in [-0.1, -0.05) is 30.3 Å².